The van der Waals surface area contributed by atoms with Gasteiger partial charge in [-0.15, -0.1) is 10.2 Å². The first kappa shape index (κ1) is 7.42. The summed E-state index contributed by atoms with van der Waals surface area (Å²) in [5.74, 6) is 4.19. The van der Waals surface area contributed by atoms with Crippen LogP contribution in [0, 0.1) is 0 Å². The number of aromatic nitrogens is 2. The largest absolute Gasteiger partial charge is 0.476 e. The number of anilines is 1. The van der Waals surface area contributed by atoms with Crippen LogP contribution in [0.15, 0.2) is 12.1 Å². The van der Waals surface area contributed by atoms with Crippen LogP contribution in [0.5, 0.6) is 0 Å². The number of nitrogens with two attached hydrogens (primary N) is 1. The van der Waals surface area contributed by atoms with Gasteiger partial charge in [0.05, 0.1) is 0 Å². The van der Waals surface area contributed by atoms with Gasteiger partial charge < -0.3 is 10.5 Å². The van der Waals surface area contributed by atoms with E-state index in [1.165, 1.54) is 12.1 Å². The molecule has 0 radical (unpaired) electrons. The number of nitrogens with one attached hydrogen (secondary N) is 1. The molecule has 0 unspecified atom stereocenters. The summed E-state index contributed by atoms with van der Waals surface area (Å²) < 4.78 is 0. The highest BCUT2D eigenvalue weighted by atomic mass is 16.4. The summed E-state index contributed by atoms with van der Waals surface area (Å²) in [5.41, 5.74) is 2.12. The van der Waals surface area contributed by atoms with Crippen molar-refractivity contribution >= 4 is 11.8 Å². The molecule has 0 spiro atoms. The van der Waals surface area contributed by atoms with Crippen molar-refractivity contribution in [1.82, 2.24) is 10.2 Å². The summed E-state index contributed by atoms with van der Waals surface area (Å²) in [6.07, 6.45) is 0. The number of rotatable bonds is 2. The van der Waals surface area contributed by atoms with E-state index in [1.54, 1.807) is 0 Å². The Hall–Kier alpha value is -1.69. The highest BCUT2D eigenvalue weighted by molar-refractivity contribution is 5.85. The molecule has 11 heavy (non-hydrogen) atoms. The molecule has 4 N–H and O–H groups in total. The van der Waals surface area contributed by atoms with Gasteiger partial charge in [-0.2, -0.15) is 0 Å². The Morgan fingerprint density at radius 1 is 1.55 bits per heavy atom. The van der Waals surface area contributed by atoms with E-state index in [2.05, 4.69) is 15.6 Å². The molecular formula is C5H6N4O2. The Morgan fingerprint density at radius 2 is 2.27 bits per heavy atom. The number of aromatic carboxylic acids is 1. The number of nitrogen functional groups attached to an aromatic ring is 1. The molecule has 6 heteroatoms. The number of hydrogen-bond donors (Lipinski definition) is 3. The standard InChI is InChI=1S/C5H6N4O2/c6-7-4-2-1-3(5(10)11)8-9-4/h1-2H,6H2,(H,7,9)(H,10,11). The second kappa shape index (κ2) is 2.93. The van der Waals surface area contributed by atoms with Gasteiger partial charge in [-0.1, -0.05) is 0 Å². The fraction of sp³-hybridized carbons (Fsp3) is 0. The molecule has 1 aromatic rings. The van der Waals surface area contributed by atoms with Crippen molar-refractivity contribution in [3.05, 3.63) is 17.8 Å². The Labute approximate surface area is 62.0 Å². The Kier molecular flexibility index (Phi) is 1.98. The number of hydrogen-bond acceptors (Lipinski definition) is 5. The van der Waals surface area contributed by atoms with Gasteiger partial charge >= 0.3 is 5.97 Å². The molecule has 1 rings (SSSR count). The maximum Gasteiger partial charge on any atom is 0.356 e. The van der Waals surface area contributed by atoms with Crippen LogP contribution in [-0.2, 0) is 0 Å². The molecule has 0 amide bonds. The average molecular weight is 154 g/mol. The van der Waals surface area contributed by atoms with Crippen molar-refractivity contribution in [2.45, 2.75) is 0 Å². The minimum atomic E-state index is -1.11. The predicted molar refractivity (Wildman–Crippen MR) is 36.8 cm³/mol. The van der Waals surface area contributed by atoms with Crippen molar-refractivity contribution in [2.24, 2.45) is 5.84 Å². The third-order valence-electron chi connectivity index (χ3n) is 1.03. The van der Waals surface area contributed by atoms with Crippen molar-refractivity contribution < 1.29 is 9.90 Å². The molecule has 0 fully saturated rings. The SMILES string of the molecule is NNc1ccc(C(=O)O)nn1. The molecule has 6 nitrogen and oxygen atoms in total. The first-order chi connectivity index (χ1) is 5.24. The second-order valence-electron chi connectivity index (χ2n) is 1.75. The minimum absolute atomic E-state index is 0.107. The van der Waals surface area contributed by atoms with Gasteiger partial charge in [0.1, 0.15) is 0 Å². The number of carbonyl (C=O) groups is 1. The van der Waals surface area contributed by atoms with Crippen LogP contribution in [-0.4, -0.2) is 21.3 Å². The molecule has 0 aliphatic carbocycles. The zero-order valence-corrected chi connectivity index (χ0v) is 5.48. The van der Waals surface area contributed by atoms with Crippen LogP contribution >= 0.6 is 0 Å². The molecular weight excluding hydrogens is 148 g/mol. The maximum atomic E-state index is 10.2. The van der Waals surface area contributed by atoms with Gasteiger partial charge in [-0.05, 0) is 12.1 Å². The maximum absolute atomic E-state index is 10.2. The quantitative estimate of drug-likeness (QED) is 0.390. The summed E-state index contributed by atoms with van der Waals surface area (Å²) in [7, 11) is 0. The van der Waals surface area contributed by atoms with Gasteiger partial charge in [0.25, 0.3) is 0 Å². The van der Waals surface area contributed by atoms with Crippen LogP contribution in [0.1, 0.15) is 10.5 Å². The first-order valence-electron chi connectivity index (χ1n) is 2.77. The fourth-order valence-electron chi connectivity index (χ4n) is 0.523. The Balaban J connectivity index is 2.91. The fourth-order valence-corrected chi connectivity index (χ4v) is 0.523. The first-order valence-corrected chi connectivity index (χ1v) is 2.77. The van der Waals surface area contributed by atoms with Gasteiger partial charge in [0.2, 0.25) is 0 Å². The summed E-state index contributed by atoms with van der Waals surface area (Å²) >= 11 is 0. The van der Waals surface area contributed by atoms with Crippen molar-refractivity contribution in [1.29, 1.82) is 0 Å². The monoisotopic (exact) mass is 154 g/mol. The summed E-state index contributed by atoms with van der Waals surface area (Å²) in [5, 5.41) is 15.2. The lowest BCUT2D eigenvalue weighted by Crippen LogP contribution is -2.10. The molecule has 1 heterocycles. The lowest BCUT2D eigenvalue weighted by molar-refractivity contribution is 0.0689. The number of nitrogens with zero attached hydrogens (tertiary/aromatic N) is 2. The van der Waals surface area contributed by atoms with Gasteiger partial charge in [0, 0.05) is 0 Å². The highest BCUT2D eigenvalue weighted by Gasteiger charge is 2.03. The zero-order valence-electron chi connectivity index (χ0n) is 5.48. The lowest BCUT2D eigenvalue weighted by atomic mass is 10.4. The van der Waals surface area contributed by atoms with E-state index < -0.39 is 5.97 Å². The molecule has 0 aromatic carbocycles. The Bertz CT molecular complexity index is 258. The molecule has 0 aliphatic heterocycles. The van der Waals surface area contributed by atoms with Crippen LogP contribution < -0.4 is 11.3 Å². The zero-order chi connectivity index (χ0) is 8.27. The normalized spacial score (nSPS) is 9.18. The topological polar surface area (TPSA) is 101 Å². The third kappa shape index (κ3) is 1.62. The van der Waals surface area contributed by atoms with E-state index in [1.807, 2.05) is 0 Å². The van der Waals surface area contributed by atoms with Gasteiger partial charge in [0.15, 0.2) is 11.5 Å². The summed E-state index contributed by atoms with van der Waals surface area (Å²) in [4.78, 5) is 10.2. The molecule has 0 saturated carbocycles. The number of carboxylic acid groups (broad SMARTS) is 1. The molecule has 58 valence electrons. The summed E-state index contributed by atoms with van der Waals surface area (Å²) in [6.45, 7) is 0. The van der Waals surface area contributed by atoms with Crippen molar-refractivity contribution in [3.8, 4) is 0 Å². The van der Waals surface area contributed by atoms with Crippen LogP contribution in [0.3, 0.4) is 0 Å². The number of carboxylic acids is 1. The number of hydrazine groups is 1. The van der Waals surface area contributed by atoms with Crippen molar-refractivity contribution in [3.63, 3.8) is 0 Å². The van der Waals surface area contributed by atoms with Crippen LogP contribution in [0.4, 0.5) is 5.82 Å². The molecule has 0 atom stereocenters. The van der Waals surface area contributed by atoms with E-state index in [0.29, 0.717) is 5.82 Å². The Morgan fingerprint density at radius 3 is 2.64 bits per heavy atom. The van der Waals surface area contributed by atoms with Crippen LogP contribution in [0.2, 0.25) is 0 Å². The average Bonchev–Trinajstić information content (AvgIpc) is 2.05. The molecule has 1 aromatic heterocycles. The van der Waals surface area contributed by atoms with E-state index in [0.717, 1.165) is 0 Å². The van der Waals surface area contributed by atoms with E-state index in [4.69, 9.17) is 10.9 Å². The lowest BCUT2D eigenvalue weighted by Gasteiger charge is -1.95. The van der Waals surface area contributed by atoms with Crippen molar-refractivity contribution in [2.75, 3.05) is 5.43 Å². The second-order valence-corrected chi connectivity index (χ2v) is 1.75. The van der Waals surface area contributed by atoms with Gasteiger partial charge in [-0.25, -0.2) is 10.6 Å². The smallest absolute Gasteiger partial charge is 0.356 e. The van der Waals surface area contributed by atoms with Crippen LogP contribution in [0.25, 0.3) is 0 Å². The predicted octanol–water partition coefficient (Wildman–Crippen LogP) is -0.540. The molecule has 0 aliphatic rings. The third-order valence-corrected chi connectivity index (χ3v) is 1.03. The minimum Gasteiger partial charge on any atom is -0.476 e. The summed E-state index contributed by atoms with van der Waals surface area (Å²) in [6, 6.07) is 2.74. The molecule has 0 saturated heterocycles. The van der Waals surface area contributed by atoms with E-state index in [-0.39, 0.29) is 5.69 Å². The van der Waals surface area contributed by atoms with E-state index in [9.17, 15) is 4.79 Å². The highest BCUT2D eigenvalue weighted by Crippen LogP contribution is 1.98. The van der Waals surface area contributed by atoms with Gasteiger partial charge in [-0.3, -0.25) is 0 Å². The molecule has 0 bridgehead atoms. The van der Waals surface area contributed by atoms with E-state index >= 15 is 0 Å².